The second kappa shape index (κ2) is 7.84. The van der Waals surface area contributed by atoms with Crippen LogP contribution in [0.1, 0.15) is 21.6 Å². The van der Waals surface area contributed by atoms with Crippen LogP contribution >= 0.6 is 0 Å². The molecule has 2 aromatic rings. The van der Waals surface area contributed by atoms with Gasteiger partial charge in [0.25, 0.3) is 5.91 Å². The minimum absolute atomic E-state index is 0.0348. The molecule has 2 heterocycles. The zero-order chi connectivity index (χ0) is 16.8. The van der Waals surface area contributed by atoms with Crippen LogP contribution in [0.2, 0.25) is 0 Å². The molecule has 0 spiro atoms. The number of carbonyl (C=O) groups is 1. The lowest BCUT2D eigenvalue weighted by Crippen LogP contribution is -2.48. The number of aryl methyl sites for hydroxylation is 1. The van der Waals surface area contributed by atoms with E-state index in [-0.39, 0.29) is 5.91 Å². The van der Waals surface area contributed by atoms with Gasteiger partial charge in [-0.05, 0) is 12.5 Å². The molecule has 1 amide bonds. The molecule has 0 bridgehead atoms. The van der Waals surface area contributed by atoms with Crippen molar-refractivity contribution < 1.29 is 4.79 Å². The summed E-state index contributed by atoms with van der Waals surface area (Å²) in [5.41, 5.74) is 2.56. The highest BCUT2D eigenvalue weighted by atomic mass is 16.2. The van der Waals surface area contributed by atoms with Crippen LogP contribution in [0, 0.1) is 6.92 Å². The first-order chi connectivity index (χ1) is 11.7. The Kier molecular flexibility index (Phi) is 5.33. The third-order valence-electron chi connectivity index (χ3n) is 4.27. The van der Waals surface area contributed by atoms with Crippen molar-refractivity contribution in [1.29, 1.82) is 0 Å². The lowest BCUT2D eigenvalue weighted by Gasteiger charge is -2.34. The second-order valence-corrected chi connectivity index (χ2v) is 5.93. The fraction of sp³-hybridized carbons (Fsp3) is 0.316. The molecular weight excluding hydrogens is 300 g/mol. The third kappa shape index (κ3) is 4.06. The van der Waals surface area contributed by atoms with Gasteiger partial charge in [-0.3, -0.25) is 9.69 Å². The molecule has 124 valence electrons. The average Bonchev–Trinajstić information content (AvgIpc) is 2.63. The van der Waals surface area contributed by atoms with E-state index < -0.39 is 0 Å². The molecule has 0 atom stereocenters. The molecule has 24 heavy (non-hydrogen) atoms. The number of rotatable bonds is 4. The molecule has 1 fully saturated rings. The molecule has 0 N–H and O–H groups in total. The SMILES string of the molecule is Cc1ncncc1C(=O)N1CCN(C/C=C/c2ccccc2)CC1. The minimum Gasteiger partial charge on any atom is -0.336 e. The average molecular weight is 322 g/mol. The highest BCUT2D eigenvalue weighted by molar-refractivity contribution is 5.94. The lowest BCUT2D eigenvalue weighted by atomic mass is 10.2. The van der Waals surface area contributed by atoms with Crippen LogP contribution in [0.25, 0.3) is 6.08 Å². The van der Waals surface area contributed by atoms with Gasteiger partial charge in [-0.1, -0.05) is 42.5 Å². The zero-order valence-corrected chi connectivity index (χ0v) is 13.9. The summed E-state index contributed by atoms with van der Waals surface area (Å²) < 4.78 is 0. The molecule has 0 saturated carbocycles. The van der Waals surface area contributed by atoms with Crippen molar-refractivity contribution in [1.82, 2.24) is 19.8 Å². The lowest BCUT2D eigenvalue weighted by molar-refractivity contribution is 0.0648. The van der Waals surface area contributed by atoms with Gasteiger partial charge >= 0.3 is 0 Å². The monoisotopic (exact) mass is 322 g/mol. The maximum Gasteiger partial charge on any atom is 0.257 e. The highest BCUT2D eigenvalue weighted by Crippen LogP contribution is 2.10. The standard InChI is InChI=1S/C19H22N4O/c1-16-18(14-20-15-21-16)19(24)23-12-10-22(11-13-23)9-5-8-17-6-3-2-4-7-17/h2-8,14-15H,9-13H2,1H3/b8-5+. The molecule has 1 aliphatic heterocycles. The Labute approximate surface area is 142 Å². The Morgan fingerprint density at radius 2 is 1.92 bits per heavy atom. The van der Waals surface area contributed by atoms with Gasteiger partial charge in [0.15, 0.2) is 0 Å². The first kappa shape index (κ1) is 16.3. The van der Waals surface area contributed by atoms with Gasteiger partial charge in [0.2, 0.25) is 0 Å². The summed E-state index contributed by atoms with van der Waals surface area (Å²) in [5.74, 6) is 0.0348. The van der Waals surface area contributed by atoms with Crippen molar-refractivity contribution in [3.63, 3.8) is 0 Å². The summed E-state index contributed by atoms with van der Waals surface area (Å²) in [6.07, 6.45) is 7.41. The summed E-state index contributed by atoms with van der Waals surface area (Å²) in [6.45, 7) is 6.01. The maximum absolute atomic E-state index is 12.5. The summed E-state index contributed by atoms with van der Waals surface area (Å²) in [7, 11) is 0. The number of nitrogens with zero attached hydrogens (tertiary/aromatic N) is 4. The van der Waals surface area contributed by atoms with Crippen LogP contribution in [-0.4, -0.2) is 58.4 Å². The largest absolute Gasteiger partial charge is 0.336 e. The number of carbonyl (C=O) groups excluding carboxylic acids is 1. The van der Waals surface area contributed by atoms with Crippen LogP contribution < -0.4 is 0 Å². The number of piperazine rings is 1. The molecule has 0 aliphatic carbocycles. The number of hydrogen-bond acceptors (Lipinski definition) is 4. The normalized spacial score (nSPS) is 15.8. The van der Waals surface area contributed by atoms with E-state index in [0.717, 1.165) is 38.4 Å². The van der Waals surface area contributed by atoms with Gasteiger partial charge in [-0.25, -0.2) is 9.97 Å². The molecule has 1 aromatic carbocycles. The summed E-state index contributed by atoms with van der Waals surface area (Å²) in [4.78, 5) is 24.9. The van der Waals surface area contributed by atoms with Crippen molar-refractivity contribution in [2.45, 2.75) is 6.92 Å². The molecule has 1 aromatic heterocycles. The third-order valence-corrected chi connectivity index (χ3v) is 4.27. The molecule has 0 unspecified atom stereocenters. The molecule has 0 radical (unpaired) electrons. The van der Waals surface area contributed by atoms with E-state index in [1.165, 1.54) is 11.9 Å². The van der Waals surface area contributed by atoms with Crippen molar-refractivity contribution in [2.75, 3.05) is 32.7 Å². The second-order valence-electron chi connectivity index (χ2n) is 5.93. The predicted molar refractivity (Wildman–Crippen MR) is 94.6 cm³/mol. The van der Waals surface area contributed by atoms with Gasteiger partial charge in [0, 0.05) is 38.9 Å². The van der Waals surface area contributed by atoms with Gasteiger partial charge in [0.05, 0.1) is 11.3 Å². The smallest absolute Gasteiger partial charge is 0.257 e. The van der Waals surface area contributed by atoms with Crippen LogP contribution in [0.4, 0.5) is 0 Å². The Morgan fingerprint density at radius 1 is 1.17 bits per heavy atom. The predicted octanol–water partition coefficient (Wildman–Crippen LogP) is 2.26. The van der Waals surface area contributed by atoms with E-state index in [2.05, 4.69) is 39.2 Å². The molecule has 3 rings (SSSR count). The highest BCUT2D eigenvalue weighted by Gasteiger charge is 2.23. The van der Waals surface area contributed by atoms with Crippen molar-refractivity contribution >= 4 is 12.0 Å². The fourth-order valence-corrected chi connectivity index (χ4v) is 2.81. The number of hydrogen-bond donors (Lipinski definition) is 0. The first-order valence-electron chi connectivity index (χ1n) is 8.24. The Hall–Kier alpha value is -2.53. The molecule has 5 heteroatoms. The summed E-state index contributed by atoms with van der Waals surface area (Å²) >= 11 is 0. The molecule has 5 nitrogen and oxygen atoms in total. The van der Waals surface area contributed by atoms with E-state index in [9.17, 15) is 4.79 Å². The number of benzene rings is 1. The maximum atomic E-state index is 12.5. The van der Waals surface area contributed by atoms with Crippen LogP contribution in [0.3, 0.4) is 0 Å². The molecular formula is C19H22N4O. The quantitative estimate of drug-likeness (QED) is 0.866. The summed E-state index contributed by atoms with van der Waals surface area (Å²) in [5, 5.41) is 0. The topological polar surface area (TPSA) is 49.3 Å². The number of amides is 1. The summed E-state index contributed by atoms with van der Waals surface area (Å²) in [6, 6.07) is 10.3. The first-order valence-corrected chi connectivity index (χ1v) is 8.24. The minimum atomic E-state index is 0.0348. The van der Waals surface area contributed by atoms with Crippen LogP contribution in [0.15, 0.2) is 48.9 Å². The Bertz CT molecular complexity index is 706. The van der Waals surface area contributed by atoms with Gasteiger partial charge < -0.3 is 4.90 Å². The van der Waals surface area contributed by atoms with Crippen molar-refractivity contribution in [3.8, 4) is 0 Å². The zero-order valence-electron chi connectivity index (χ0n) is 13.9. The van der Waals surface area contributed by atoms with E-state index >= 15 is 0 Å². The van der Waals surface area contributed by atoms with Gasteiger partial charge in [0.1, 0.15) is 6.33 Å². The van der Waals surface area contributed by atoms with E-state index in [1.807, 2.05) is 30.0 Å². The Morgan fingerprint density at radius 3 is 2.62 bits per heavy atom. The Balaban J connectivity index is 1.50. The fourth-order valence-electron chi connectivity index (χ4n) is 2.81. The van der Waals surface area contributed by atoms with Crippen molar-refractivity contribution in [2.24, 2.45) is 0 Å². The van der Waals surface area contributed by atoms with E-state index in [0.29, 0.717) is 5.56 Å². The van der Waals surface area contributed by atoms with E-state index in [1.54, 1.807) is 6.20 Å². The molecule has 1 aliphatic rings. The van der Waals surface area contributed by atoms with E-state index in [4.69, 9.17) is 0 Å². The van der Waals surface area contributed by atoms with Crippen LogP contribution in [-0.2, 0) is 0 Å². The number of aromatic nitrogens is 2. The molecule has 1 saturated heterocycles. The van der Waals surface area contributed by atoms with Crippen molar-refractivity contribution in [3.05, 3.63) is 65.8 Å². The van der Waals surface area contributed by atoms with Gasteiger partial charge in [-0.2, -0.15) is 0 Å². The van der Waals surface area contributed by atoms with Gasteiger partial charge in [-0.15, -0.1) is 0 Å². The van der Waals surface area contributed by atoms with Crippen LogP contribution in [0.5, 0.6) is 0 Å².